The first-order chi connectivity index (χ1) is 9.29. The number of fused-ring (bicyclic) bond motifs is 1. The molecule has 1 aliphatic rings. The summed E-state index contributed by atoms with van der Waals surface area (Å²) in [6, 6.07) is 12.1. The Morgan fingerprint density at radius 3 is 2.89 bits per heavy atom. The highest BCUT2D eigenvalue weighted by Gasteiger charge is 2.17. The summed E-state index contributed by atoms with van der Waals surface area (Å²) in [4.78, 5) is 11.2. The van der Waals surface area contributed by atoms with Gasteiger partial charge in [-0.25, -0.2) is 0 Å². The van der Waals surface area contributed by atoms with Crippen molar-refractivity contribution in [3.8, 4) is 16.9 Å². The molecule has 0 unspecified atom stereocenters. The number of aldehydes is 1. The topological polar surface area (TPSA) is 26.3 Å². The van der Waals surface area contributed by atoms with Crippen LogP contribution in [-0.4, -0.2) is 12.9 Å². The summed E-state index contributed by atoms with van der Waals surface area (Å²) in [6.45, 7) is 2.79. The maximum Gasteiger partial charge on any atom is 0.150 e. The third-order valence-corrected chi connectivity index (χ3v) is 3.56. The molecule has 3 rings (SSSR count). The number of para-hydroxylation sites is 1. The lowest BCUT2D eigenvalue weighted by Gasteiger charge is -2.21. The normalized spacial score (nSPS) is 13.5. The van der Waals surface area contributed by atoms with Crippen molar-refractivity contribution in [3.05, 3.63) is 53.1 Å². The highest BCUT2D eigenvalue weighted by atomic mass is 16.5. The zero-order chi connectivity index (χ0) is 13.2. The molecule has 2 heteroatoms. The van der Waals surface area contributed by atoms with E-state index >= 15 is 0 Å². The first kappa shape index (κ1) is 12.0. The van der Waals surface area contributed by atoms with Crippen LogP contribution in [0.5, 0.6) is 5.75 Å². The molecular formula is C17H16O2. The van der Waals surface area contributed by atoms with Crippen LogP contribution < -0.4 is 4.74 Å². The molecule has 0 spiro atoms. The fourth-order valence-electron chi connectivity index (χ4n) is 2.61. The molecule has 0 radical (unpaired) electrons. The molecular weight excluding hydrogens is 236 g/mol. The van der Waals surface area contributed by atoms with E-state index in [2.05, 4.69) is 12.1 Å². The number of carbonyl (C=O) groups excluding carboxylic acids is 1. The van der Waals surface area contributed by atoms with Gasteiger partial charge in [-0.1, -0.05) is 42.0 Å². The Bertz CT molecular complexity index is 629. The number of carbonyl (C=O) groups is 1. The van der Waals surface area contributed by atoms with Crippen LogP contribution in [-0.2, 0) is 6.42 Å². The summed E-state index contributed by atoms with van der Waals surface area (Å²) in [5.74, 6) is 0.947. The second-order valence-corrected chi connectivity index (χ2v) is 4.95. The molecule has 2 aromatic rings. The van der Waals surface area contributed by atoms with Crippen LogP contribution in [0.3, 0.4) is 0 Å². The predicted octanol–water partition coefficient (Wildman–Crippen LogP) is 3.80. The fraction of sp³-hybridized carbons (Fsp3) is 0.235. The molecule has 1 heterocycles. The van der Waals surface area contributed by atoms with E-state index in [0.29, 0.717) is 5.56 Å². The Balaban J connectivity index is 2.22. The second kappa shape index (κ2) is 4.88. The number of hydrogen-bond donors (Lipinski definition) is 0. The van der Waals surface area contributed by atoms with Gasteiger partial charge in [0.2, 0.25) is 0 Å². The lowest BCUT2D eigenvalue weighted by atomic mass is 9.94. The molecule has 96 valence electrons. The molecule has 19 heavy (non-hydrogen) atoms. The minimum Gasteiger partial charge on any atom is -0.493 e. The largest absolute Gasteiger partial charge is 0.493 e. The summed E-state index contributed by atoms with van der Waals surface area (Å²) in [6.07, 6.45) is 3.02. The molecule has 0 amide bonds. The van der Waals surface area contributed by atoms with Crippen molar-refractivity contribution in [2.45, 2.75) is 19.8 Å². The maximum absolute atomic E-state index is 11.2. The van der Waals surface area contributed by atoms with E-state index in [-0.39, 0.29) is 0 Å². The van der Waals surface area contributed by atoms with E-state index in [9.17, 15) is 4.79 Å². The average Bonchev–Trinajstić information content (AvgIpc) is 2.46. The summed E-state index contributed by atoms with van der Waals surface area (Å²) in [7, 11) is 0. The summed E-state index contributed by atoms with van der Waals surface area (Å²) < 4.78 is 5.83. The number of aryl methyl sites for hydroxylation is 2. The Kier molecular flexibility index (Phi) is 3.08. The third-order valence-electron chi connectivity index (χ3n) is 3.56. The Morgan fingerprint density at radius 2 is 2.05 bits per heavy atom. The van der Waals surface area contributed by atoms with Crippen LogP contribution in [0.15, 0.2) is 36.4 Å². The summed E-state index contributed by atoms with van der Waals surface area (Å²) in [5, 5.41) is 0. The zero-order valence-corrected chi connectivity index (χ0v) is 11.0. The molecule has 2 nitrogen and oxygen atoms in total. The Morgan fingerprint density at radius 1 is 1.16 bits per heavy atom. The molecule has 0 saturated carbocycles. The van der Waals surface area contributed by atoms with Gasteiger partial charge in [0.25, 0.3) is 0 Å². The molecule has 0 N–H and O–H groups in total. The highest BCUT2D eigenvalue weighted by Crippen LogP contribution is 2.37. The molecule has 1 aliphatic heterocycles. The Labute approximate surface area is 113 Å². The van der Waals surface area contributed by atoms with E-state index in [0.717, 1.165) is 48.2 Å². The van der Waals surface area contributed by atoms with Crippen molar-refractivity contribution in [2.24, 2.45) is 0 Å². The second-order valence-electron chi connectivity index (χ2n) is 4.95. The third kappa shape index (κ3) is 2.14. The highest BCUT2D eigenvalue weighted by molar-refractivity contribution is 5.90. The molecule has 0 aromatic heterocycles. The molecule has 0 fully saturated rings. The first-order valence-electron chi connectivity index (χ1n) is 6.60. The zero-order valence-electron chi connectivity index (χ0n) is 11.0. The number of hydrogen-bond acceptors (Lipinski definition) is 2. The van der Waals surface area contributed by atoms with Crippen molar-refractivity contribution in [3.63, 3.8) is 0 Å². The van der Waals surface area contributed by atoms with E-state index in [1.807, 2.05) is 31.2 Å². The number of benzene rings is 2. The van der Waals surface area contributed by atoms with Gasteiger partial charge < -0.3 is 4.74 Å². The number of ether oxygens (including phenoxy) is 1. The van der Waals surface area contributed by atoms with Crippen molar-refractivity contribution in [1.29, 1.82) is 0 Å². The van der Waals surface area contributed by atoms with Crippen molar-refractivity contribution < 1.29 is 9.53 Å². The van der Waals surface area contributed by atoms with Crippen LogP contribution in [0.4, 0.5) is 0 Å². The molecule has 0 aliphatic carbocycles. The molecule has 0 bridgehead atoms. The van der Waals surface area contributed by atoms with Gasteiger partial charge in [0.1, 0.15) is 5.75 Å². The lowest BCUT2D eigenvalue weighted by molar-refractivity contribution is 0.112. The van der Waals surface area contributed by atoms with Gasteiger partial charge in [0.05, 0.1) is 6.61 Å². The van der Waals surface area contributed by atoms with Crippen LogP contribution in [0.1, 0.15) is 27.9 Å². The lowest BCUT2D eigenvalue weighted by Crippen LogP contribution is -2.09. The molecule has 0 saturated heterocycles. The average molecular weight is 252 g/mol. The Hall–Kier alpha value is -2.09. The monoisotopic (exact) mass is 252 g/mol. The van der Waals surface area contributed by atoms with Crippen molar-refractivity contribution >= 4 is 6.29 Å². The maximum atomic E-state index is 11.2. The van der Waals surface area contributed by atoms with E-state index in [4.69, 9.17) is 4.74 Å². The van der Waals surface area contributed by atoms with Gasteiger partial charge in [-0.05, 0) is 30.9 Å². The van der Waals surface area contributed by atoms with Gasteiger partial charge in [-0.2, -0.15) is 0 Å². The predicted molar refractivity (Wildman–Crippen MR) is 75.8 cm³/mol. The van der Waals surface area contributed by atoms with Crippen molar-refractivity contribution in [1.82, 2.24) is 0 Å². The van der Waals surface area contributed by atoms with Crippen LogP contribution >= 0.6 is 0 Å². The molecule has 0 atom stereocenters. The van der Waals surface area contributed by atoms with E-state index < -0.39 is 0 Å². The standard InChI is InChI=1S/C17H16O2/c1-12-7-8-14(11-18)16(10-12)15-6-2-4-13-5-3-9-19-17(13)15/h2,4,6-8,10-11H,3,5,9H2,1H3. The first-order valence-corrected chi connectivity index (χ1v) is 6.60. The summed E-state index contributed by atoms with van der Waals surface area (Å²) in [5.41, 5.74) is 5.10. The van der Waals surface area contributed by atoms with Crippen LogP contribution in [0.25, 0.3) is 11.1 Å². The van der Waals surface area contributed by atoms with E-state index in [1.54, 1.807) is 0 Å². The van der Waals surface area contributed by atoms with Crippen LogP contribution in [0.2, 0.25) is 0 Å². The van der Waals surface area contributed by atoms with Gasteiger partial charge in [-0.3, -0.25) is 4.79 Å². The SMILES string of the molecule is Cc1ccc(C=O)c(-c2cccc3c2OCCC3)c1. The van der Waals surface area contributed by atoms with Gasteiger partial charge in [0.15, 0.2) is 6.29 Å². The van der Waals surface area contributed by atoms with Crippen LogP contribution in [0, 0.1) is 6.92 Å². The number of rotatable bonds is 2. The van der Waals surface area contributed by atoms with Crippen molar-refractivity contribution in [2.75, 3.05) is 6.61 Å². The minimum absolute atomic E-state index is 0.716. The quantitative estimate of drug-likeness (QED) is 0.760. The van der Waals surface area contributed by atoms with E-state index in [1.165, 1.54) is 5.56 Å². The molecule has 2 aromatic carbocycles. The smallest absolute Gasteiger partial charge is 0.150 e. The minimum atomic E-state index is 0.716. The van der Waals surface area contributed by atoms with Gasteiger partial charge in [-0.15, -0.1) is 0 Å². The fourth-order valence-corrected chi connectivity index (χ4v) is 2.61. The van der Waals surface area contributed by atoms with Gasteiger partial charge >= 0.3 is 0 Å². The van der Waals surface area contributed by atoms with Gasteiger partial charge in [0, 0.05) is 11.1 Å². The summed E-state index contributed by atoms with van der Waals surface area (Å²) >= 11 is 0.